The van der Waals surface area contributed by atoms with Gasteiger partial charge in [-0.25, -0.2) is 14.2 Å². The fourth-order valence-electron chi connectivity index (χ4n) is 1.42. The number of thiazole rings is 1. The number of esters is 1. The van der Waals surface area contributed by atoms with Gasteiger partial charge in [0.05, 0.1) is 6.04 Å². The number of carbonyl (C=O) groups excluding carboxylic acids is 1. The molecule has 0 amide bonds. The van der Waals surface area contributed by atoms with Crippen molar-refractivity contribution < 1.29 is 13.9 Å². The number of nitrogens with zero attached hydrogens (tertiary/aromatic N) is 1. The predicted molar refractivity (Wildman–Crippen MR) is 70.2 cm³/mol. The van der Waals surface area contributed by atoms with Crippen LogP contribution in [0.2, 0.25) is 0 Å². The normalized spacial score (nSPS) is 12.2. The molecule has 0 saturated heterocycles. The molecule has 1 aromatic heterocycles. The Bertz CT molecular complexity index is 584. The fourth-order valence-corrected chi connectivity index (χ4v) is 2.17. The van der Waals surface area contributed by atoms with Gasteiger partial charge >= 0.3 is 5.97 Å². The van der Waals surface area contributed by atoms with Crippen LogP contribution in [0.1, 0.15) is 34.0 Å². The summed E-state index contributed by atoms with van der Waals surface area (Å²) < 4.78 is 18.3. The summed E-state index contributed by atoms with van der Waals surface area (Å²) >= 11 is 1.30. The number of hydrogen-bond donors (Lipinski definition) is 1. The molecular weight excluding hydrogens is 267 g/mol. The van der Waals surface area contributed by atoms with Crippen LogP contribution >= 0.6 is 11.3 Å². The molecule has 6 heteroatoms. The van der Waals surface area contributed by atoms with Crippen molar-refractivity contribution >= 4 is 17.3 Å². The first-order valence-electron chi connectivity index (χ1n) is 5.69. The summed E-state index contributed by atoms with van der Waals surface area (Å²) in [6, 6.07) is 5.93. The van der Waals surface area contributed by atoms with Crippen LogP contribution in [0.3, 0.4) is 0 Å². The minimum atomic E-state index is -0.577. The van der Waals surface area contributed by atoms with Gasteiger partial charge in [-0.1, -0.05) is 18.2 Å². The number of halogens is 1. The number of rotatable bonds is 4. The lowest BCUT2D eigenvalue weighted by atomic mass is 10.2. The van der Waals surface area contributed by atoms with E-state index in [1.807, 2.05) is 0 Å². The van der Waals surface area contributed by atoms with Crippen molar-refractivity contribution in [3.05, 3.63) is 51.7 Å². The van der Waals surface area contributed by atoms with Gasteiger partial charge in [-0.2, -0.15) is 0 Å². The molecular formula is C13H13FN2O2S. The lowest BCUT2D eigenvalue weighted by Crippen LogP contribution is -2.09. The van der Waals surface area contributed by atoms with E-state index in [9.17, 15) is 9.18 Å². The molecule has 2 aromatic rings. The highest BCUT2D eigenvalue weighted by Gasteiger charge is 2.14. The average Bonchev–Trinajstić information content (AvgIpc) is 2.87. The van der Waals surface area contributed by atoms with Gasteiger partial charge in [-0.3, -0.25) is 0 Å². The Hall–Kier alpha value is -1.79. The van der Waals surface area contributed by atoms with E-state index < -0.39 is 11.8 Å². The first kappa shape index (κ1) is 13.6. The third kappa shape index (κ3) is 3.36. The third-order valence-corrected chi connectivity index (χ3v) is 3.48. The van der Waals surface area contributed by atoms with Crippen molar-refractivity contribution in [1.82, 2.24) is 4.98 Å². The third-order valence-electron chi connectivity index (χ3n) is 2.44. The maximum Gasteiger partial charge on any atom is 0.358 e. The van der Waals surface area contributed by atoms with Gasteiger partial charge < -0.3 is 10.5 Å². The van der Waals surface area contributed by atoms with Crippen LogP contribution in [0.25, 0.3) is 0 Å². The molecule has 19 heavy (non-hydrogen) atoms. The van der Waals surface area contributed by atoms with Crippen molar-refractivity contribution in [3.8, 4) is 0 Å². The highest BCUT2D eigenvalue weighted by molar-refractivity contribution is 7.09. The molecule has 0 bridgehead atoms. The van der Waals surface area contributed by atoms with Gasteiger partial charge in [0.1, 0.15) is 17.4 Å². The Kier molecular flexibility index (Phi) is 4.24. The van der Waals surface area contributed by atoms with Crippen molar-refractivity contribution in [2.45, 2.75) is 19.6 Å². The highest BCUT2D eigenvalue weighted by Crippen LogP contribution is 2.17. The van der Waals surface area contributed by atoms with Gasteiger partial charge in [-0.05, 0) is 13.0 Å². The van der Waals surface area contributed by atoms with E-state index in [2.05, 4.69) is 4.98 Å². The number of nitrogens with two attached hydrogens (primary N) is 1. The van der Waals surface area contributed by atoms with Crippen LogP contribution in [-0.4, -0.2) is 11.0 Å². The van der Waals surface area contributed by atoms with Gasteiger partial charge in [0.25, 0.3) is 0 Å². The molecule has 100 valence electrons. The Morgan fingerprint density at radius 1 is 1.53 bits per heavy atom. The zero-order valence-electron chi connectivity index (χ0n) is 10.3. The van der Waals surface area contributed by atoms with Crippen LogP contribution in [-0.2, 0) is 11.3 Å². The fraction of sp³-hybridized carbons (Fsp3) is 0.231. The van der Waals surface area contributed by atoms with E-state index in [1.54, 1.807) is 30.5 Å². The van der Waals surface area contributed by atoms with E-state index in [0.717, 1.165) is 0 Å². The minimum Gasteiger partial charge on any atom is -0.456 e. The smallest absolute Gasteiger partial charge is 0.358 e. The van der Waals surface area contributed by atoms with E-state index in [4.69, 9.17) is 10.5 Å². The van der Waals surface area contributed by atoms with Crippen molar-refractivity contribution in [3.63, 3.8) is 0 Å². The Morgan fingerprint density at radius 2 is 2.26 bits per heavy atom. The summed E-state index contributed by atoms with van der Waals surface area (Å²) in [5.74, 6) is -0.976. The lowest BCUT2D eigenvalue weighted by molar-refractivity contribution is 0.0462. The molecule has 0 spiro atoms. The Labute approximate surface area is 114 Å². The van der Waals surface area contributed by atoms with E-state index in [0.29, 0.717) is 10.6 Å². The van der Waals surface area contributed by atoms with Crippen LogP contribution in [0.5, 0.6) is 0 Å². The second-order valence-electron chi connectivity index (χ2n) is 4.03. The maximum atomic E-state index is 13.3. The first-order valence-corrected chi connectivity index (χ1v) is 6.57. The average molecular weight is 280 g/mol. The van der Waals surface area contributed by atoms with Crippen LogP contribution in [0.4, 0.5) is 4.39 Å². The summed E-state index contributed by atoms with van der Waals surface area (Å²) in [4.78, 5) is 15.8. The highest BCUT2D eigenvalue weighted by atomic mass is 32.1. The van der Waals surface area contributed by atoms with Gasteiger partial charge in [-0.15, -0.1) is 11.3 Å². The van der Waals surface area contributed by atoms with Gasteiger partial charge in [0, 0.05) is 10.9 Å². The molecule has 1 heterocycles. The number of ether oxygens (including phenoxy) is 1. The maximum absolute atomic E-state index is 13.3. The molecule has 0 saturated carbocycles. The standard InChI is InChI=1S/C13H13FN2O2S/c1-8(15)12-16-11(7-19-12)13(17)18-6-9-4-2-3-5-10(9)14/h2-5,7-8H,6,15H2,1H3. The molecule has 0 aliphatic rings. The molecule has 1 unspecified atom stereocenters. The number of carbonyl (C=O) groups is 1. The first-order chi connectivity index (χ1) is 9.08. The monoisotopic (exact) mass is 280 g/mol. The molecule has 0 fully saturated rings. The molecule has 4 nitrogen and oxygen atoms in total. The van der Waals surface area contributed by atoms with E-state index in [-0.39, 0.29) is 18.3 Å². The number of aromatic nitrogens is 1. The second-order valence-corrected chi connectivity index (χ2v) is 4.92. The van der Waals surface area contributed by atoms with Crippen molar-refractivity contribution in [2.75, 3.05) is 0 Å². The molecule has 2 rings (SSSR count). The summed E-state index contributed by atoms with van der Waals surface area (Å²) in [5, 5.41) is 2.25. The van der Waals surface area contributed by atoms with Crippen molar-refractivity contribution in [1.29, 1.82) is 0 Å². The van der Waals surface area contributed by atoms with E-state index in [1.165, 1.54) is 17.4 Å². The summed E-state index contributed by atoms with van der Waals surface area (Å²) in [6.07, 6.45) is 0. The minimum absolute atomic E-state index is 0.115. The zero-order chi connectivity index (χ0) is 13.8. The zero-order valence-corrected chi connectivity index (χ0v) is 11.1. The molecule has 0 aliphatic carbocycles. The van der Waals surface area contributed by atoms with Crippen molar-refractivity contribution in [2.24, 2.45) is 5.73 Å². The largest absolute Gasteiger partial charge is 0.456 e. The quantitative estimate of drug-likeness (QED) is 0.874. The topological polar surface area (TPSA) is 65.2 Å². The summed E-state index contributed by atoms with van der Waals surface area (Å²) in [5.41, 5.74) is 6.19. The van der Waals surface area contributed by atoms with Gasteiger partial charge in [0.2, 0.25) is 0 Å². The molecule has 0 aliphatic heterocycles. The lowest BCUT2D eigenvalue weighted by Gasteiger charge is -2.04. The number of hydrogen-bond acceptors (Lipinski definition) is 5. The predicted octanol–water partition coefficient (Wildman–Crippen LogP) is 2.66. The molecule has 1 aromatic carbocycles. The Morgan fingerprint density at radius 3 is 2.89 bits per heavy atom. The van der Waals surface area contributed by atoms with Crippen LogP contribution in [0.15, 0.2) is 29.6 Å². The number of benzene rings is 1. The SMILES string of the molecule is CC(N)c1nc(C(=O)OCc2ccccc2F)cs1. The van der Waals surface area contributed by atoms with E-state index >= 15 is 0 Å². The van der Waals surface area contributed by atoms with Crippen LogP contribution < -0.4 is 5.73 Å². The molecule has 2 N–H and O–H groups in total. The Balaban J connectivity index is 1.99. The molecule has 1 atom stereocenters. The second kappa shape index (κ2) is 5.90. The van der Waals surface area contributed by atoms with Crippen LogP contribution in [0, 0.1) is 5.82 Å². The summed E-state index contributed by atoms with van der Waals surface area (Å²) in [7, 11) is 0. The van der Waals surface area contributed by atoms with Gasteiger partial charge in [0.15, 0.2) is 5.69 Å². The summed E-state index contributed by atoms with van der Waals surface area (Å²) in [6.45, 7) is 1.67. The molecule has 0 radical (unpaired) electrons.